The lowest BCUT2D eigenvalue weighted by atomic mass is 9.93. The Balaban J connectivity index is 2.66. The Morgan fingerprint density at radius 1 is 1.58 bits per heavy atom. The quantitative estimate of drug-likeness (QED) is 0.325. The highest BCUT2D eigenvalue weighted by molar-refractivity contribution is 5.84. The molecule has 5 nitrogen and oxygen atoms in total. The van der Waals surface area contributed by atoms with E-state index in [2.05, 4.69) is 5.43 Å². The molecule has 0 spiro atoms. The molecule has 1 fully saturated rings. The molecule has 1 amide bonds. The molecule has 1 saturated heterocycles. The van der Waals surface area contributed by atoms with Crippen molar-refractivity contribution < 1.29 is 14.3 Å². The van der Waals surface area contributed by atoms with Gasteiger partial charge in [0.25, 0.3) is 5.91 Å². The van der Waals surface area contributed by atoms with E-state index in [-0.39, 0.29) is 5.91 Å². The van der Waals surface area contributed by atoms with E-state index < -0.39 is 5.60 Å². The molecule has 1 aliphatic rings. The molecule has 0 aromatic rings. The number of nitrogens with two attached hydrogens (primary N) is 1. The zero-order valence-electron chi connectivity index (χ0n) is 7.13. The normalized spacial score (nSPS) is 21.8. The van der Waals surface area contributed by atoms with Crippen molar-refractivity contribution in [2.45, 2.75) is 18.4 Å². The van der Waals surface area contributed by atoms with Crippen molar-refractivity contribution in [3.63, 3.8) is 0 Å². The highest BCUT2D eigenvalue weighted by atomic mass is 16.5. The average molecular weight is 174 g/mol. The molecule has 70 valence electrons. The Kier molecular flexibility index (Phi) is 3.02. The van der Waals surface area contributed by atoms with E-state index >= 15 is 0 Å². The first-order chi connectivity index (χ1) is 5.75. The minimum Gasteiger partial charge on any atom is -0.381 e. The Bertz CT molecular complexity index is 166. The second-order valence-corrected chi connectivity index (χ2v) is 2.78. The summed E-state index contributed by atoms with van der Waals surface area (Å²) < 4.78 is 10.3. The second kappa shape index (κ2) is 3.84. The SMILES string of the molecule is COC1(C(=O)NN)CCOCC1. The van der Waals surface area contributed by atoms with Crippen LogP contribution in [0.1, 0.15) is 12.8 Å². The maximum absolute atomic E-state index is 11.3. The molecule has 0 saturated carbocycles. The van der Waals surface area contributed by atoms with Crippen LogP contribution in [0.4, 0.5) is 0 Å². The van der Waals surface area contributed by atoms with Crippen molar-refractivity contribution in [3.05, 3.63) is 0 Å². The predicted molar refractivity (Wildman–Crippen MR) is 42.1 cm³/mol. The lowest BCUT2D eigenvalue weighted by Crippen LogP contribution is -2.53. The number of methoxy groups -OCH3 is 1. The maximum Gasteiger partial charge on any atom is 0.266 e. The first kappa shape index (κ1) is 9.44. The van der Waals surface area contributed by atoms with Gasteiger partial charge in [-0.25, -0.2) is 5.84 Å². The van der Waals surface area contributed by atoms with Gasteiger partial charge in [0.15, 0.2) is 5.60 Å². The molecule has 1 rings (SSSR count). The van der Waals surface area contributed by atoms with Crippen LogP contribution in [0.2, 0.25) is 0 Å². The minimum atomic E-state index is -0.771. The average Bonchev–Trinajstić information content (AvgIpc) is 2.17. The van der Waals surface area contributed by atoms with Crippen LogP contribution < -0.4 is 11.3 Å². The first-order valence-electron chi connectivity index (χ1n) is 3.89. The van der Waals surface area contributed by atoms with E-state index in [0.717, 1.165) is 0 Å². The van der Waals surface area contributed by atoms with Gasteiger partial charge in [-0.05, 0) is 0 Å². The molecule has 0 atom stereocenters. The van der Waals surface area contributed by atoms with Crippen LogP contribution in [-0.2, 0) is 14.3 Å². The van der Waals surface area contributed by atoms with Crippen molar-refractivity contribution in [2.75, 3.05) is 20.3 Å². The third-order valence-corrected chi connectivity index (χ3v) is 2.24. The van der Waals surface area contributed by atoms with Crippen LogP contribution in [0, 0.1) is 0 Å². The van der Waals surface area contributed by atoms with Gasteiger partial charge in [-0.1, -0.05) is 0 Å². The van der Waals surface area contributed by atoms with Gasteiger partial charge in [0.05, 0.1) is 0 Å². The monoisotopic (exact) mass is 174 g/mol. The summed E-state index contributed by atoms with van der Waals surface area (Å²) in [6, 6.07) is 0. The fraction of sp³-hybridized carbons (Fsp3) is 0.857. The van der Waals surface area contributed by atoms with Gasteiger partial charge in [0.1, 0.15) is 0 Å². The highest BCUT2D eigenvalue weighted by Gasteiger charge is 2.39. The second-order valence-electron chi connectivity index (χ2n) is 2.78. The smallest absolute Gasteiger partial charge is 0.266 e. The molecule has 0 bridgehead atoms. The fourth-order valence-corrected chi connectivity index (χ4v) is 1.36. The zero-order chi connectivity index (χ0) is 9.03. The lowest BCUT2D eigenvalue weighted by molar-refractivity contribution is -0.155. The van der Waals surface area contributed by atoms with Gasteiger partial charge < -0.3 is 9.47 Å². The molecule has 0 aromatic heterocycles. The number of rotatable bonds is 2. The Hall–Kier alpha value is -0.650. The van der Waals surface area contributed by atoms with Gasteiger partial charge in [0.2, 0.25) is 0 Å². The number of amides is 1. The topological polar surface area (TPSA) is 73.6 Å². The van der Waals surface area contributed by atoms with Crippen LogP contribution in [0.5, 0.6) is 0 Å². The van der Waals surface area contributed by atoms with Crippen LogP contribution in [-0.4, -0.2) is 31.8 Å². The number of nitrogens with one attached hydrogen (secondary N) is 1. The molecule has 0 radical (unpaired) electrons. The summed E-state index contributed by atoms with van der Waals surface area (Å²) in [4.78, 5) is 11.3. The van der Waals surface area contributed by atoms with Crippen molar-refractivity contribution >= 4 is 5.91 Å². The predicted octanol–water partition coefficient (Wildman–Crippen LogP) is -0.828. The summed E-state index contributed by atoms with van der Waals surface area (Å²) in [5, 5.41) is 0. The van der Waals surface area contributed by atoms with Gasteiger partial charge in [0, 0.05) is 33.2 Å². The van der Waals surface area contributed by atoms with Crippen LogP contribution in [0.3, 0.4) is 0 Å². The van der Waals surface area contributed by atoms with E-state index in [1.165, 1.54) is 7.11 Å². The molecular formula is C7H14N2O3. The standard InChI is InChI=1S/C7H14N2O3/c1-11-7(6(10)9-8)2-4-12-5-3-7/h2-5,8H2,1H3,(H,9,10). The molecule has 0 aromatic carbocycles. The Morgan fingerprint density at radius 2 is 2.17 bits per heavy atom. The summed E-state index contributed by atoms with van der Waals surface area (Å²) in [7, 11) is 1.51. The van der Waals surface area contributed by atoms with Crippen LogP contribution >= 0.6 is 0 Å². The van der Waals surface area contributed by atoms with Gasteiger partial charge in [-0.2, -0.15) is 0 Å². The number of hydrazine groups is 1. The van der Waals surface area contributed by atoms with E-state index in [4.69, 9.17) is 15.3 Å². The lowest BCUT2D eigenvalue weighted by Gasteiger charge is -2.33. The van der Waals surface area contributed by atoms with Gasteiger partial charge in [-0.3, -0.25) is 10.2 Å². The van der Waals surface area contributed by atoms with Crippen molar-refractivity contribution in [1.29, 1.82) is 0 Å². The summed E-state index contributed by atoms with van der Waals surface area (Å²) >= 11 is 0. The molecule has 0 aliphatic carbocycles. The number of carbonyl (C=O) groups excluding carboxylic acids is 1. The molecule has 1 heterocycles. The number of hydrogen-bond acceptors (Lipinski definition) is 4. The Morgan fingerprint density at radius 3 is 2.58 bits per heavy atom. The molecule has 3 N–H and O–H groups in total. The summed E-state index contributed by atoms with van der Waals surface area (Å²) in [5.41, 5.74) is 1.34. The molecule has 1 aliphatic heterocycles. The summed E-state index contributed by atoms with van der Waals surface area (Å²) in [6.45, 7) is 1.09. The minimum absolute atomic E-state index is 0.270. The van der Waals surface area contributed by atoms with Gasteiger partial charge in [-0.15, -0.1) is 0 Å². The summed E-state index contributed by atoms with van der Waals surface area (Å²) in [5.74, 6) is 4.77. The molecular weight excluding hydrogens is 160 g/mol. The first-order valence-corrected chi connectivity index (χ1v) is 3.89. The van der Waals surface area contributed by atoms with Gasteiger partial charge >= 0.3 is 0 Å². The Labute approximate surface area is 71.2 Å². The maximum atomic E-state index is 11.3. The highest BCUT2D eigenvalue weighted by Crippen LogP contribution is 2.24. The molecule has 5 heteroatoms. The third kappa shape index (κ3) is 1.57. The number of hydrogen-bond donors (Lipinski definition) is 2. The summed E-state index contributed by atoms with van der Waals surface area (Å²) in [6.07, 6.45) is 1.12. The third-order valence-electron chi connectivity index (χ3n) is 2.24. The molecule has 12 heavy (non-hydrogen) atoms. The largest absolute Gasteiger partial charge is 0.381 e. The van der Waals surface area contributed by atoms with E-state index in [1.807, 2.05) is 0 Å². The van der Waals surface area contributed by atoms with Crippen molar-refractivity contribution in [1.82, 2.24) is 5.43 Å². The van der Waals surface area contributed by atoms with Crippen LogP contribution in [0.15, 0.2) is 0 Å². The van der Waals surface area contributed by atoms with E-state index in [9.17, 15) is 4.79 Å². The van der Waals surface area contributed by atoms with Crippen molar-refractivity contribution in [2.24, 2.45) is 5.84 Å². The fourth-order valence-electron chi connectivity index (χ4n) is 1.36. The zero-order valence-corrected chi connectivity index (χ0v) is 7.13. The number of ether oxygens (including phenoxy) is 2. The molecule has 0 unspecified atom stereocenters. The van der Waals surface area contributed by atoms with Crippen LogP contribution in [0.25, 0.3) is 0 Å². The van der Waals surface area contributed by atoms with E-state index in [1.54, 1.807) is 0 Å². The van der Waals surface area contributed by atoms with E-state index in [0.29, 0.717) is 26.1 Å². The number of carbonyl (C=O) groups is 1. The van der Waals surface area contributed by atoms with Crippen molar-refractivity contribution in [3.8, 4) is 0 Å².